The van der Waals surface area contributed by atoms with Crippen LogP contribution in [0.25, 0.3) is 0 Å². The molecule has 6 heteroatoms. The Labute approximate surface area is 159 Å². The lowest BCUT2D eigenvalue weighted by molar-refractivity contribution is 0.307. The van der Waals surface area contributed by atoms with E-state index in [4.69, 9.17) is 10.5 Å². The van der Waals surface area contributed by atoms with Crippen LogP contribution in [0.3, 0.4) is 0 Å². The third-order valence-corrected chi connectivity index (χ3v) is 5.32. The van der Waals surface area contributed by atoms with E-state index >= 15 is 0 Å². The van der Waals surface area contributed by atoms with Crippen molar-refractivity contribution in [2.75, 3.05) is 24.6 Å². The van der Waals surface area contributed by atoms with E-state index in [1.54, 1.807) is 6.92 Å². The van der Waals surface area contributed by atoms with Gasteiger partial charge in [-0.3, -0.25) is 0 Å². The molecular weight excluding hydrogens is 380 g/mol. The highest BCUT2D eigenvalue weighted by atomic mass is 79.9. The monoisotopic (exact) mass is 410 g/mol. The quantitative estimate of drug-likeness (QED) is 0.661. The molecule has 1 saturated heterocycles. The predicted octanol–water partition coefficient (Wildman–Crippen LogP) is 3.73. The number of hydrogen-bond acceptors (Lipinski definition) is 5. The lowest BCUT2D eigenvalue weighted by atomic mass is 9.93. The Morgan fingerprint density at radius 3 is 2.44 bits per heavy atom. The molecule has 1 aromatic heterocycles. The molecule has 2 aliphatic rings. The second-order valence-electron chi connectivity index (χ2n) is 6.79. The molecule has 3 rings (SSSR count). The summed E-state index contributed by atoms with van der Waals surface area (Å²) in [6, 6.07) is 3.37. The van der Waals surface area contributed by atoms with Gasteiger partial charge < -0.3 is 20.7 Å². The van der Waals surface area contributed by atoms with Gasteiger partial charge in [-0.15, -0.1) is 0 Å². The van der Waals surface area contributed by atoms with Gasteiger partial charge in [-0.25, -0.2) is 4.98 Å². The fourth-order valence-corrected chi connectivity index (χ4v) is 4.03. The highest BCUT2D eigenvalue weighted by Crippen LogP contribution is 2.25. The fraction of sp³-hybridized carbons (Fsp3) is 0.684. The highest BCUT2D eigenvalue weighted by molar-refractivity contribution is 9.10. The van der Waals surface area contributed by atoms with E-state index in [0.29, 0.717) is 6.04 Å². The highest BCUT2D eigenvalue weighted by Gasteiger charge is 2.24. The molecule has 2 heterocycles. The zero-order valence-electron chi connectivity index (χ0n) is 15.2. The van der Waals surface area contributed by atoms with Crippen molar-refractivity contribution in [1.82, 2.24) is 10.3 Å². The first-order valence-corrected chi connectivity index (χ1v) is 10.2. The normalized spacial score (nSPS) is 19.2. The number of halogens is 1. The Hall–Kier alpha value is -0.980. The molecule has 25 heavy (non-hydrogen) atoms. The Balaban J connectivity index is 0.000000701. The van der Waals surface area contributed by atoms with E-state index in [0.717, 1.165) is 35.0 Å². The molecule has 0 atom stereocenters. The Kier molecular flexibility index (Phi) is 8.85. The maximum atomic E-state index is 7.58. The van der Waals surface area contributed by atoms with Crippen LogP contribution in [0, 0.1) is 5.41 Å². The molecule has 2 fully saturated rings. The summed E-state index contributed by atoms with van der Waals surface area (Å²) in [4.78, 5) is 6.85. The number of hydrogen-bond donors (Lipinski definition) is 3. The summed E-state index contributed by atoms with van der Waals surface area (Å²) in [7, 11) is 0. The van der Waals surface area contributed by atoms with Gasteiger partial charge in [0.2, 0.25) is 0 Å². The van der Waals surface area contributed by atoms with Gasteiger partial charge in [-0.05, 0) is 54.6 Å². The molecule has 5 nitrogen and oxygen atoms in total. The number of nitrogens with zero attached hydrogens (tertiary/aromatic N) is 2. The zero-order chi connectivity index (χ0) is 18.1. The van der Waals surface area contributed by atoms with Gasteiger partial charge >= 0.3 is 0 Å². The standard InChI is InChI=1S/C17H25BrN4.C2H6O/c18-14-10-13(11-19)17(20-12-14)22-8-6-16(7-9-22)21-15-4-2-1-3-5-15;1-2-3/h10-12,15-16,19,21H,1-9H2;3H,2H2,1H3. The largest absolute Gasteiger partial charge is 0.397 e. The molecule has 0 unspecified atom stereocenters. The minimum Gasteiger partial charge on any atom is -0.397 e. The molecule has 1 aromatic rings. The van der Waals surface area contributed by atoms with E-state index in [1.807, 2.05) is 12.3 Å². The summed E-state index contributed by atoms with van der Waals surface area (Å²) in [6.07, 6.45) is 12.5. The number of aromatic nitrogens is 1. The molecule has 140 valence electrons. The Bertz CT molecular complexity index is 526. The Morgan fingerprint density at radius 2 is 1.84 bits per heavy atom. The number of pyridine rings is 1. The van der Waals surface area contributed by atoms with Gasteiger partial charge in [0, 0.05) is 54.2 Å². The fourth-order valence-electron chi connectivity index (χ4n) is 3.68. The molecular formula is C19H31BrN4O. The maximum absolute atomic E-state index is 7.58. The van der Waals surface area contributed by atoms with Crippen molar-refractivity contribution < 1.29 is 5.11 Å². The predicted molar refractivity (Wildman–Crippen MR) is 108 cm³/mol. The van der Waals surface area contributed by atoms with Crippen molar-refractivity contribution in [2.24, 2.45) is 0 Å². The van der Waals surface area contributed by atoms with Crippen LogP contribution in [-0.2, 0) is 0 Å². The number of aliphatic hydroxyl groups excluding tert-OH is 1. The molecule has 1 aliphatic carbocycles. The van der Waals surface area contributed by atoms with Gasteiger partial charge in [-0.2, -0.15) is 0 Å². The molecule has 0 aromatic carbocycles. The maximum Gasteiger partial charge on any atom is 0.137 e. The van der Waals surface area contributed by atoms with Crippen molar-refractivity contribution >= 4 is 28.0 Å². The second-order valence-corrected chi connectivity index (χ2v) is 7.71. The number of anilines is 1. The molecule has 0 amide bonds. The van der Waals surface area contributed by atoms with Crippen LogP contribution in [-0.4, -0.2) is 48.1 Å². The van der Waals surface area contributed by atoms with Crippen LogP contribution in [0.5, 0.6) is 0 Å². The molecule has 0 bridgehead atoms. The van der Waals surface area contributed by atoms with Crippen LogP contribution < -0.4 is 10.2 Å². The summed E-state index contributed by atoms with van der Waals surface area (Å²) in [5.74, 6) is 0.953. The average Bonchev–Trinajstić information content (AvgIpc) is 2.64. The number of piperidine rings is 1. The SMILES string of the molecule is CCO.N=Cc1cc(Br)cnc1N1CCC(NC2CCCCC2)CC1. The first-order valence-electron chi connectivity index (χ1n) is 9.45. The molecule has 3 N–H and O–H groups in total. The number of nitrogens with one attached hydrogen (secondary N) is 2. The summed E-state index contributed by atoms with van der Waals surface area (Å²) in [6.45, 7) is 3.99. The number of aliphatic hydroxyl groups is 1. The van der Waals surface area contributed by atoms with Crippen molar-refractivity contribution in [2.45, 2.75) is 64.0 Å². The minimum absolute atomic E-state index is 0.250. The van der Waals surface area contributed by atoms with Gasteiger partial charge in [0.1, 0.15) is 5.82 Å². The third-order valence-electron chi connectivity index (χ3n) is 4.89. The van der Waals surface area contributed by atoms with E-state index in [-0.39, 0.29) is 6.61 Å². The minimum atomic E-state index is 0.250. The van der Waals surface area contributed by atoms with Crippen LogP contribution in [0.2, 0.25) is 0 Å². The van der Waals surface area contributed by atoms with E-state index in [1.165, 1.54) is 51.2 Å². The van der Waals surface area contributed by atoms with Gasteiger partial charge in [0.15, 0.2) is 0 Å². The first kappa shape index (κ1) is 20.3. The van der Waals surface area contributed by atoms with E-state index < -0.39 is 0 Å². The van der Waals surface area contributed by atoms with Crippen LogP contribution >= 0.6 is 15.9 Å². The topological polar surface area (TPSA) is 72.2 Å². The van der Waals surface area contributed by atoms with Gasteiger partial charge in [0.25, 0.3) is 0 Å². The second kappa shape index (κ2) is 10.9. The molecule has 1 saturated carbocycles. The van der Waals surface area contributed by atoms with Crippen molar-refractivity contribution in [3.05, 3.63) is 22.3 Å². The summed E-state index contributed by atoms with van der Waals surface area (Å²) in [5.41, 5.74) is 0.896. The Morgan fingerprint density at radius 1 is 1.24 bits per heavy atom. The molecule has 0 radical (unpaired) electrons. The summed E-state index contributed by atoms with van der Waals surface area (Å²) < 4.78 is 0.934. The van der Waals surface area contributed by atoms with Gasteiger partial charge in [0.05, 0.1) is 0 Å². The first-order chi connectivity index (χ1) is 12.2. The van der Waals surface area contributed by atoms with Crippen molar-refractivity contribution in [3.63, 3.8) is 0 Å². The third kappa shape index (κ3) is 6.35. The lowest BCUT2D eigenvalue weighted by Crippen LogP contribution is -2.47. The zero-order valence-corrected chi connectivity index (χ0v) is 16.8. The van der Waals surface area contributed by atoms with E-state index in [9.17, 15) is 0 Å². The van der Waals surface area contributed by atoms with E-state index in [2.05, 4.69) is 31.1 Å². The van der Waals surface area contributed by atoms with Crippen LogP contribution in [0.4, 0.5) is 5.82 Å². The summed E-state index contributed by atoms with van der Waals surface area (Å²) >= 11 is 3.43. The molecule has 0 spiro atoms. The van der Waals surface area contributed by atoms with Crippen LogP contribution in [0.1, 0.15) is 57.4 Å². The lowest BCUT2D eigenvalue weighted by Gasteiger charge is -2.36. The van der Waals surface area contributed by atoms with Crippen molar-refractivity contribution in [3.8, 4) is 0 Å². The summed E-state index contributed by atoms with van der Waals surface area (Å²) in [5, 5.41) is 19.0. The van der Waals surface area contributed by atoms with Gasteiger partial charge in [-0.1, -0.05) is 19.3 Å². The van der Waals surface area contributed by atoms with Crippen molar-refractivity contribution in [1.29, 1.82) is 5.41 Å². The smallest absolute Gasteiger partial charge is 0.137 e. The molecule has 1 aliphatic heterocycles. The average molecular weight is 411 g/mol. The number of rotatable bonds is 4. The van der Waals surface area contributed by atoms with Crippen LogP contribution in [0.15, 0.2) is 16.7 Å².